The van der Waals surface area contributed by atoms with Crippen molar-refractivity contribution in [3.8, 4) is 5.75 Å². The molecule has 0 saturated carbocycles. The van der Waals surface area contributed by atoms with Crippen LogP contribution in [0.2, 0.25) is 0 Å². The molecule has 1 heterocycles. The highest BCUT2D eigenvalue weighted by Crippen LogP contribution is 2.16. The lowest BCUT2D eigenvalue weighted by molar-refractivity contribution is 0.257. The zero-order chi connectivity index (χ0) is 13.8. The van der Waals surface area contributed by atoms with E-state index in [1.807, 2.05) is 42.5 Å². The number of aliphatic imine (C=N–C) groups is 1. The van der Waals surface area contributed by atoms with Gasteiger partial charge in [0.1, 0.15) is 12.4 Å². The summed E-state index contributed by atoms with van der Waals surface area (Å²) in [5.74, 6) is 1.09. The number of ether oxygens (including phenoxy) is 1. The Morgan fingerprint density at radius 3 is 2.30 bits per heavy atom. The van der Waals surface area contributed by atoms with Crippen LogP contribution in [0.4, 0.5) is 4.79 Å². The van der Waals surface area contributed by atoms with Gasteiger partial charge in [-0.3, -0.25) is 0 Å². The van der Waals surface area contributed by atoms with Crippen molar-refractivity contribution in [3.63, 3.8) is 0 Å². The van der Waals surface area contributed by atoms with Gasteiger partial charge in [0.15, 0.2) is 5.84 Å². The summed E-state index contributed by atoms with van der Waals surface area (Å²) in [5.41, 5.74) is 1.85. The predicted octanol–water partition coefficient (Wildman–Crippen LogP) is 3.60. The first-order chi connectivity index (χ1) is 9.81. The number of amides is 2. The minimum absolute atomic E-state index is 0.338. The van der Waals surface area contributed by atoms with E-state index >= 15 is 0 Å². The number of benzene rings is 2. The highest BCUT2D eigenvalue weighted by Gasteiger charge is 2.11. The Labute approximate surface area is 115 Å². The Morgan fingerprint density at radius 1 is 0.900 bits per heavy atom. The predicted molar refractivity (Wildman–Crippen MR) is 74.0 cm³/mol. The molecule has 2 aromatic carbocycles. The number of carbonyl (C=O) groups is 1. The number of azo groups is 1. The lowest BCUT2D eigenvalue weighted by Crippen LogP contribution is -1.97. The van der Waals surface area contributed by atoms with E-state index in [9.17, 15) is 4.79 Å². The fourth-order valence-electron chi connectivity index (χ4n) is 1.79. The fraction of sp³-hybridized carbons (Fsp3) is 0.0667. The third kappa shape index (κ3) is 2.77. The summed E-state index contributed by atoms with van der Waals surface area (Å²) in [7, 11) is 0. The Morgan fingerprint density at radius 2 is 1.65 bits per heavy atom. The summed E-state index contributed by atoms with van der Waals surface area (Å²) >= 11 is 0. The molecular formula is C15H11N3O2. The summed E-state index contributed by atoms with van der Waals surface area (Å²) in [4.78, 5) is 14.6. The Hall–Kier alpha value is -2.82. The molecule has 0 aliphatic carbocycles. The molecule has 0 fully saturated rings. The van der Waals surface area contributed by atoms with Gasteiger partial charge in [0, 0.05) is 5.56 Å². The van der Waals surface area contributed by atoms with Gasteiger partial charge >= 0.3 is 6.03 Å². The number of urea groups is 1. The van der Waals surface area contributed by atoms with Gasteiger partial charge in [-0.1, -0.05) is 35.4 Å². The maximum atomic E-state index is 10.9. The molecule has 0 atom stereocenters. The van der Waals surface area contributed by atoms with Crippen molar-refractivity contribution in [1.82, 2.24) is 0 Å². The molecule has 0 bridgehead atoms. The van der Waals surface area contributed by atoms with Gasteiger partial charge in [-0.15, -0.1) is 5.11 Å². The topological polar surface area (TPSA) is 63.4 Å². The van der Waals surface area contributed by atoms with E-state index < -0.39 is 6.03 Å². The summed E-state index contributed by atoms with van der Waals surface area (Å²) in [6.07, 6.45) is 0. The Bertz CT molecular complexity index is 676. The monoisotopic (exact) mass is 265 g/mol. The van der Waals surface area contributed by atoms with Crippen molar-refractivity contribution in [2.24, 2.45) is 15.2 Å². The highest BCUT2D eigenvalue weighted by atomic mass is 16.5. The average molecular weight is 265 g/mol. The molecule has 0 saturated heterocycles. The van der Waals surface area contributed by atoms with Crippen molar-refractivity contribution in [1.29, 1.82) is 0 Å². The molecule has 20 heavy (non-hydrogen) atoms. The lowest BCUT2D eigenvalue weighted by atomic mass is 10.2. The van der Waals surface area contributed by atoms with E-state index in [1.165, 1.54) is 0 Å². The number of carbonyl (C=O) groups excluding carboxylic acids is 1. The first kappa shape index (κ1) is 12.2. The van der Waals surface area contributed by atoms with Crippen molar-refractivity contribution in [2.45, 2.75) is 6.61 Å². The van der Waals surface area contributed by atoms with Crippen molar-refractivity contribution < 1.29 is 9.53 Å². The van der Waals surface area contributed by atoms with Crippen LogP contribution in [0.3, 0.4) is 0 Å². The van der Waals surface area contributed by atoms with Crippen LogP contribution in [0.15, 0.2) is 69.8 Å². The van der Waals surface area contributed by atoms with Crippen LogP contribution < -0.4 is 4.74 Å². The van der Waals surface area contributed by atoms with E-state index in [0.717, 1.165) is 16.9 Å². The van der Waals surface area contributed by atoms with Crippen LogP contribution in [0.25, 0.3) is 0 Å². The molecule has 5 heteroatoms. The minimum Gasteiger partial charge on any atom is -0.489 e. The quantitative estimate of drug-likeness (QED) is 0.847. The highest BCUT2D eigenvalue weighted by molar-refractivity contribution is 6.08. The normalized spacial score (nSPS) is 13.4. The van der Waals surface area contributed by atoms with Gasteiger partial charge < -0.3 is 4.74 Å². The summed E-state index contributed by atoms with van der Waals surface area (Å²) in [5, 5.41) is 7.04. The zero-order valence-corrected chi connectivity index (χ0v) is 10.6. The van der Waals surface area contributed by atoms with E-state index in [2.05, 4.69) is 15.2 Å². The molecule has 0 N–H and O–H groups in total. The number of nitrogens with zero attached hydrogens (tertiary/aromatic N) is 3. The summed E-state index contributed by atoms with van der Waals surface area (Å²) in [6, 6.07) is 16.6. The second kappa shape index (κ2) is 5.44. The second-order valence-electron chi connectivity index (χ2n) is 4.22. The van der Waals surface area contributed by atoms with Crippen molar-refractivity contribution in [2.75, 3.05) is 0 Å². The first-order valence-corrected chi connectivity index (χ1v) is 6.13. The third-order valence-corrected chi connectivity index (χ3v) is 2.79. The maximum Gasteiger partial charge on any atom is 0.387 e. The van der Waals surface area contributed by atoms with Gasteiger partial charge in [-0.05, 0) is 29.8 Å². The van der Waals surface area contributed by atoms with Gasteiger partial charge in [0.05, 0.1) is 0 Å². The Balaban J connectivity index is 1.66. The Kier molecular flexibility index (Phi) is 3.33. The van der Waals surface area contributed by atoms with E-state index in [-0.39, 0.29) is 0 Å². The minimum atomic E-state index is -0.565. The second-order valence-corrected chi connectivity index (χ2v) is 4.22. The van der Waals surface area contributed by atoms with Crippen LogP contribution >= 0.6 is 0 Å². The summed E-state index contributed by atoms with van der Waals surface area (Å²) < 4.78 is 5.67. The molecule has 5 nitrogen and oxygen atoms in total. The standard InChI is InChI=1S/C15H11N3O2/c19-15-16-14(17-18-15)12-6-8-13(9-7-12)20-10-11-4-2-1-3-5-11/h1-9H,10H2. The van der Waals surface area contributed by atoms with Crippen LogP contribution in [0, 0.1) is 0 Å². The fourth-order valence-corrected chi connectivity index (χ4v) is 1.79. The molecule has 2 amide bonds. The summed E-state index contributed by atoms with van der Waals surface area (Å²) in [6.45, 7) is 0.513. The van der Waals surface area contributed by atoms with Gasteiger partial charge in [-0.25, -0.2) is 4.79 Å². The van der Waals surface area contributed by atoms with Crippen molar-refractivity contribution in [3.05, 3.63) is 65.7 Å². The molecule has 98 valence electrons. The average Bonchev–Trinajstić information content (AvgIpc) is 2.93. The third-order valence-electron chi connectivity index (χ3n) is 2.79. The first-order valence-electron chi connectivity index (χ1n) is 6.13. The number of hydrogen-bond acceptors (Lipinski definition) is 3. The lowest BCUT2D eigenvalue weighted by Gasteiger charge is -2.06. The molecule has 0 radical (unpaired) electrons. The van der Waals surface area contributed by atoms with Crippen LogP contribution in [-0.2, 0) is 6.61 Å². The van der Waals surface area contributed by atoms with Gasteiger partial charge in [-0.2, -0.15) is 4.99 Å². The van der Waals surface area contributed by atoms with Gasteiger partial charge in [0.25, 0.3) is 0 Å². The molecular weight excluding hydrogens is 254 g/mol. The molecule has 0 unspecified atom stereocenters. The molecule has 0 aromatic heterocycles. The number of amidine groups is 1. The number of hydrogen-bond donors (Lipinski definition) is 0. The van der Waals surface area contributed by atoms with Crippen LogP contribution in [0.5, 0.6) is 5.75 Å². The SMILES string of the molecule is O=C1N=NC(c2ccc(OCc3ccccc3)cc2)=N1. The van der Waals surface area contributed by atoms with Crippen LogP contribution in [-0.4, -0.2) is 11.9 Å². The van der Waals surface area contributed by atoms with Crippen LogP contribution in [0.1, 0.15) is 11.1 Å². The van der Waals surface area contributed by atoms with Gasteiger partial charge in [0.2, 0.25) is 0 Å². The zero-order valence-electron chi connectivity index (χ0n) is 10.6. The molecule has 1 aliphatic rings. The smallest absolute Gasteiger partial charge is 0.387 e. The molecule has 0 spiro atoms. The van der Waals surface area contributed by atoms with Crippen molar-refractivity contribution >= 4 is 11.9 Å². The van der Waals surface area contributed by atoms with E-state index in [4.69, 9.17) is 4.74 Å². The molecule has 3 rings (SSSR count). The van der Waals surface area contributed by atoms with E-state index in [0.29, 0.717) is 12.4 Å². The van der Waals surface area contributed by atoms with E-state index in [1.54, 1.807) is 12.1 Å². The molecule has 1 aliphatic heterocycles. The maximum absolute atomic E-state index is 10.9. The molecule has 2 aromatic rings. The number of rotatable bonds is 4. The largest absolute Gasteiger partial charge is 0.489 e.